The van der Waals surface area contributed by atoms with Gasteiger partial charge in [0.25, 0.3) is 0 Å². The molecule has 53 heavy (non-hydrogen) atoms. The van der Waals surface area contributed by atoms with Crippen molar-refractivity contribution in [2.24, 2.45) is 0 Å². The molecule has 0 aromatic heterocycles. The van der Waals surface area contributed by atoms with Gasteiger partial charge in [-0.3, -0.25) is 9.32 Å². The van der Waals surface area contributed by atoms with Gasteiger partial charge in [-0.05, 0) is 38.5 Å². The fraction of sp³-hybridized carbons (Fsp3) is 0.925. The molecule has 0 aliphatic carbocycles. The minimum atomic E-state index is -4.64. The molecule has 11 N–H and O–H groups in total. The van der Waals surface area contributed by atoms with Gasteiger partial charge in [-0.1, -0.05) is 161 Å². The van der Waals surface area contributed by atoms with Crippen LogP contribution in [0.3, 0.4) is 0 Å². The van der Waals surface area contributed by atoms with E-state index in [1.165, 1.54) is 128 Å². The molecular weight excluding hydrogens is 699 g/mol. The van der Waals surface area contributed by atoms with E-state index in [0.717, 1.165) is 44.9 Å². The zero-order valence-corrected chi connectivity index (χ0v) is 35.2. The predicted octanol–water partition coefficient (Wildman–Crippen LogP) is 10.2. The molecular formula is C40H87N2O10P. The van der Waals surface area contributed by atoms with E-state index < -0.39 is 20.0 Å². The zero-order valence-electron chi connectivity index (χ0n) is 34.3. The van der Waals surface area contributed by atoms with Crippen molar-refractivity contribution >= 4 is 13.8 Å². The summed E-state index contributed by atoms with van der Waals surface area (Å²) in [6.07, 6.45) is 36.7. The highest BCUT2D eigenvalue weighted by molar-refractivity contribution is 7.46. The summed E-state index contributed by atoms with van der Waals surface area (Å²) < 4.78 is 26.9. The highest BCUT2D eigenvalue weighted by atomic mass is 31.2. The Morgan fingerprint density at radius 2 is 0.962 bits per heavy atom. The van der Waals surface area contributed by atoms with Gasteiger partial charge >= 0.3 is 13.8 Å². The molecule has 0 fully saturated rings. The van der Waals surface area contributed by atoms with Gasteiger partial charge in [-0.2, -0.15) is 0 Å². The molecule has 13 heteroatoms. The molecule has 322 valence electrons. The summed E-state index contributed by atoms with van der Waals surface area (Å²) in [6, 6.07) is 0. The Morgan fingerprint density at radius 1 is 0.585 bits per heavy atom. The summed E-state index contributed by atoms with van der Waals surface area (Å²) in [7, 11) is -4.64. The van der Waals surface area contributed by atoms with E-state index >= 15 is 0 Å². The van der Waals surface area contributed by atoms with Crippen LogP contribution in [0, 0.1) is 0 Å². The number of unbranched alkanes of at least 4 members (excludes halogenated alkanes) is 24. The summed E-state index contributed by atoms with van der Waals surface area (Å²) in [5, 5.41) is 24.0. The van der Waals surface area contributed by atoms with E-state index in [1.54, 1.807) is 0 Å². The summed E-state index contributed by atoms with van der Waals surface area (Å²) in [5.41, 5.74) is 0. The Kier molecular flexibility index (Phi) is 52.4. The maximum Gasteiger partial charge on any atom is 0.469 e. The monoisotopic (exact) mass is 787 g/mol. The van der Waals surface area contributed by atoms with Crippen molar-refractivity contribution in [2.45, 2.75) is 206 Å². The zero-order chi connectivity index (χ0) is 38.1. The van der Waals surface area contributed by atoms with Crippen LogP contribution in [0.5, 0.6) is 0 Å². The van der Waals surface area contributed by atoms with Gasteiger partial charge in [0, 0.05) is 13.0 Å². The van der Waals surface area contributed by atoms with Gasteiger partial charge < -0.3 is 46.9 Å². The van der Waals surface area contributed by atoms with E-state index in [9.17, 15) is 9.36 Å². The third-order valence-electron chi connectivity index (χ3n) is 8.74. The lowest BCUT2D eigenvalue weighted by molar-refractivity contribution is -0.154. The van der Waals surface area contributed by atoms with E-state index in [-0.39, 0.29) is 44.7 Å². The Morgan fingerprint density at radius 3 is 1.34 bits per heavy atom. The number of phosphoric acid groups is 1. The summed E-state index contributed by atoms with van der Waals surface area (Å²) in [6.45, 7) is 4.03. The van der Waals surface area contributed by atoms with Gasteiger partial charge in [0.15, 0.2) is 0 Å². The number of rotatable bonds is 38. The average molecular weight is 787 g/mol. The van der Waals surface area contributed by atoms with Crippen molar-refractivity contribution in [1.82, 2.24) is 12.3 Å². The summed E-state index contributed by atoms with van der Waals surface area (Å²) in [4.78, 5) is 30.5. The predicted molar refractivity (Wildman–Crippen MR) is 219 cm³/mol. The van der Waals surface area contributed by atoms with E-state index in [1.807, 2.05) is 0 Å². The van der Waals surface area contributed by atoms with Crippen LogP contribution in [-0.4, -0.2) is 76.3 Å². The summed E-state index contributed by atoms with van der Waals surface area (Å²) >= 11 is 0. The lowest BCUT2D eigenvalue weighted by Gasteiger charge is -2.18. The van der Waals surface area contributed by atoms with Crippen LogP contribution in [0.25, 0.3) is 0 Å². The molecule has 0 aliphatic rings. The minimum Gasteiger partial charge on any atom is -0.457 e. The van der Waals surface area contributed by atoms with Crippen molar-refractivity contribution in [3.05, 3.63) is 12.2 Å². The van der Waals surface area contributed by atoms with Gasteiger partial charge in [0.05, 0.1) is 26.4 Å². The van der Waals surface area contributed by atoms with Crippen LogP contribution < -0.4 is 12.3 Å². The smallest absolute Gasteiger partial charge is 0.457 e. The highest BCUT2D eigenvalue weighted by Crippen LogP contribution is 2.36. The molecule has 0 radical (unpaired) electrons. The van der Waals surface area contributed by atoms with Crippen molar-refractivity contribution in [2.75, 3.05) is 33.0 Å². The third kappa shape index (κ3) is 53.2. The number of phosphoric ester groups is 1. The van der Waals surface area contributed by atoms with Crippen LogP contribution in [0.15, 0.2) is 12.2 Å². The molecule has 0 bridgehead atoms. The van der Waals surface area contributed by atoms with Gasteiger partial charge in [0.1, 0.15) is 12.2 Å². The molecule has 0 aromatic carbocycles. The van der Waals surface area contributed by atoms with E-state index in [4.69, 9.17) is 34.6 Å². The number of allylic oxidation sites excluding steroid dienone is 2. The van der Waals surface area contributed by atoms with Crippen molar-refractivity contribution in [3.8, 4) is 0 Å². The minimum absolute atomic E-state index is 0. The van der Waals surface area contributed by atoms with Crippen LogP contribution >= 0.6 is 7.82 Å². The first-order chi connectivity index (χ1) is 24.7. The van der Waals surface area contributed by atoms with Crippen molar-refractivity contribution in [1.29, 1.82) is 0 Å². The first-order valence-electron chi connectivity index (χ1n) is 20.7. The normalized spacial score (nSPS) is 11.9. The van der Waals surface area contributed by atoms with Crippen molar-refractivity contribution < 1.29 is 48.5 Å². The number of carbonyl (C=O) groups excluding carboxylic acids is 1. The first kappa shape index (κ1) is 58.8. The second-order valence-electron chi connectivity index (χ2n) is 13.9. The van der Waals surface area contributed by atoms with Crippen LogP contribution in [0.1, 0.15) is 194 Å². The topological polar surface area (TPSA) is 233 Å². The Bertz CT molecular complexity index is 785. The second-order valence-corrected chi connectivity index (χ2v) is 15.2. The highest BCUT2D eigenvalue weighted by Gasteiger charge is 2.21. The molecule has 0 rings (SSSR count). The first-order valence-corrected chi connectivity index (χ1v) is 22.2. The fourth-order valence-electron chi connectivity index (χ4n) is 5.55. The molecule has 0 aliphatic heterocycles. The largest absolute Gasteiger partial charge is 0.469 e. The molecule has 0 spiro atoms. The van der Waals surface area contributed by atoms with E-state index in [0.29, 0.717) is 13.0 Å². The van der Waals surface area contributed by atoms with Gasteiger partial charge in [-0.15, -0.1) is 0 Å². The molecule has 0 aromatic rings. The summed E-state index contributed by atoms with van der Waals surface area (Å²) in [5.74, 6) is -0.368. The van der Waals surface area contributed by atoms with Crippen LogP contribution in [-0.2, 0) is 23.4 Å². The lowest BCUT2D eigenvalue weighted by Crippen LogP contribution is -2.28. The van der Waals surface area contributed by atoms with Gasteiger partial charge in [0.2, 0.25) is 0 Å². The number of ether oxygens (including phenoxy) is 2. The molecule has 1 atom stereocenters. The number of aliphatic hydroxyl groups excluding tert-OH is 3. The second kappa shape index (κ2) is 47.2. The van der Waals surface area contributed by atoms with E-state index in [2.05, 4.69) is 30.5 Å². The fourth-order valence-corrected chi connectivity index (χ4v) is 5.91. The molecule has 1 unspecified atom stereocenters. The quantitative estimate of drug-likeness (QED) is 0.0134. The molecule has 0 heterocycles. The average Bonchev–Trinajstić information content (AvgIpc) is 3.11. The number of carbonyl (C=O) groups is 1. The lowest BCUT2D eigenvalue weighted by atomic mass is 10.0. The van der Waals surface area contributed by atoms with Gasteiger partial charge in [-0.25, -0.2) is 4.57 Å². The number of esters is 1. The molecule has 0 saturated carbocycles. The number of hydrogen-bond donors (Lipinski definition) is 7. The van der Waals surface area contributed by atoms with Crippen molar-refractivity contribution in [3.63, 3.8) is 0 Å². The van der Waals surface area contributed by atoms with Crippen LogP contribution in [0.2, 0.25) is 0 Å². The standard InChI is InChI=1S/C37H73O7P.C3H8O3.2H3N/c1-3-5-7-9-11-13-15-17-19-20-22-24-26-28-30-32-37(38)44-36(35-43-45(39,40)41)34-42-33-31-29-27-25-23-21-18-16-14-12-10-8-6-4-2;4-1-3(6)2-5;;/h17,19,36H,3-16,18,20-35H2,1-2H3,(H2,39,40,41);3-6H,1-2H2;2*1H3/b19-17-;;;. The number of aliphatic hydroxyl groups is 3. The molecule has 0 saturated heterocycles. The SMILES string of the molecule is CCCCCCCC/C=C\CCCCCCCC(=O)OC(COCCCCCCCCCCCCCCCC)COP(=O)(O)O.N.N.OCC(O)CO. The Labute approximate surface area is 325 Å². The Balaban J connectivity index is -0.00000137. The maximum atomic E-state index is 12.3. The maximum absolute atomic E-state index is 12.3. The Hall–Kier alpha value is -0.920. The molecule has 12 nitrogen and oxygen atoms in total. The van der Waals surface area contributed by atoms with Crippen LogP contribution in [0.4, 0.5) is 0 Å². The third-order valence-corrected chi connectivity index (χ3v) is 9.22. The molecule has 0 amide bonds. The number of hydrogen-bond acceptors (Lipinski definition) is 10.